The summed E-state index contributed by atoms with van der Waals surface area (Å²) in [4.78, 5) is 2.29. The fourth-order valence-electron chi connectivity index (χ4n) is 2.28. The molecule has 2 rings (SSSR count). The predicted octanol–water partition coefficient (Wildman–Crippen LogP) is 3.69. The molecule has 0 spiro atoms. The van der Waals surface area contributed by atoms with Crippen LogP contribution in [0.3, 0.4) is 0 Å². The molecule has 3 heteroatoms. The molecule has 20 heavy (non-hydrogen) atoms. The Hall–Kier alpha value is -1.35. The molecule has 0 radical (unpaired) electrons. The predicted molar refractivity (Wildman–Crippen MR) is 85.8 cm³/mol. The van der Waals surface area contributed by atoms with Crippen LogP contribution in [-0.4, -0.2) is 19.0 Å². The van der Waals surface area contributed by atoms with Gasteiger partial charge < -0.3 is 5.32 Å². The van der Waals surface area contributed by atoms with Crippen molar-refractivity contribution in [2.75, 3.05) is 14.1 Å². The van der Waals surface area contributed by atoms with Gasteiger partial charge in [0.2, 0.25) is 0 Å². The summed E-state index contributed by atoms with van der Waals surface area (Å²) in [5.74, 6) is 0. The molecule has 2 nitrogen and oxygen atoms in total. The Labute approximate surface area is 126 Å². The summed E-state index contributed by atoms with van der Waals surface area (Å²) < 4.78 is 0. The normalized spacial score (nSPS) is 11.0. The van der Waals surface area contributed by atoms with Crippen molar-refractivity contribution < 1.29 is 0 Å². The summed E-state index contributed by atoms with van der Waals surface area (Å²) in [7, 11) is 4.09. The second kappa shape index (κ2) is 7.44. The molecular formula is C17H21ClN2. The lowest BCUT2D eigenvalue weighted by atomic mass is 10.1. The van der Waals surface area contributed by atoms with Gasteiger partial charge in [-0.25, -0.2) is 0 Å². The van der Waals surface area contributed by atoms with E-state index >= 15 is 0 Å². The zero-order chi connectivity index (χ0) is 14.4. The average Bonchev–Trinajstić information content (AvgIpc) is 2.41. The van der Waals surface area contributed by atoms with Gasteiger partial charge in [-0.2, -0.15) is 0 Å². The Kier molecular flexibility index (Phi) is 5.60. The van der Waals surface area contributed by atoms with Gasteiger partial charge >= 0.3 is 0 Å². The summed E-state index contributed by atoms with van der Waals surface area (Å²) in [5, 5.41) is 3.96. The zero-order valence-electron chi connectivity index (χ0n) is 12.1. The Bertz CT molecular complexity index is 537. The second-order valence-corrected chi connectivity index (χ2v) is 5.59. The highest BCUT2D eigenvalue weighted by atomic mass is 35.5. The van der Waals surface area contributed by atoms with E-state index in [-0.39, 0.29) is 0 Å². The van der Waals surface area contributed by atoms with Crippen LogP contribution in [0, 0.1) is 0 Å². The molecule has 0 aliphatic carbocycles. The van der Waals surface area contributed by atoms with Crippen LogP contribution in [0.5, 0.6) is 0 Å². The molecule has 0 saturated carbocycles. The van der Waals surface area contributed by atoms with Crippen molar-refractivity contribution in [3.63, 3.8) is 0 Å². The van der Waals surface area contributed by atoms with E-state index in [2.05, 4.69) is 47.6 Å². The highest BCUT2D eigenvalue weighted by Gasteiger charge is 2.02. The topological polar surface area (TPSA) is 15.3 Å². The molecule has 0 bridgehead atoms. The smallest absolute Gasteiger partial charge is 0.0409 e. The van der Waals surface area contributed by atoms with Crippen molar-refractivity contribution in [2.45, 2.75) is 19.6 Å². The Morgan fingerprint density at radius 1 is 0.950 bits per heavy atom. The van der Waals surface area contributed by atoms with E-state index < -0.39 is 0 Å². The fraction of sp³-hybridized carbons (Fsp3) is 0.294. The van der Waals surface area contributed by atoms with Crippen LogP contribution in [0.25, 0.3) is 0 Å². The highest BCUT2D eigenvalue weighted by Crippen LogP contribution is 2.14. The molecule has 0 aliphatic heterocycles. The van der Waals surface area contributed by atoms with Crippen LogP contribution in [0.2, 0.25) is 5.02 Å². The Morgan fingerprint density at radius 2 is 1.60 bits per heavy atom. The first-order valence-corrected chi connectivity index (χ1v) is 7.20. The fourth-order valence-corrected chi connectivity index (χ4v) is 2.49. The second-order valence-electron chi connectivity index (χ2n) is 5.15. The maximum atomic E-state index is 6.01. The van der Waals surface area contributed by atoms with Crippen molar-refractivity contribution >= 4 is 11.6 Å². The van der Waals surface area contributed by atoms with Crippen molar-refractivity contribution in [2.24, 2.45) is 0 Å². The van der Waals surface area contributed by atoms with Gasteiger partial charge in [0.25, 0.3) is 0 Å². The first-order chi connectivity index (χ1) is 9.67. The Balaban J connectivity index is 1.92. The number of rotatable bonds is 6. The van der Waals surface area contributed by atoms with E-state index in [0.29, 0.717) is 0 Å². The van der Waals surface area contributed by atoms with Crippen molar-refractivity contribution in [3.8, 4) is 0 Å². The van der Waals surface area contributed by atoms with Crippen LogP contribution in [0.1, 0.15) is 16.7 Å². The largest absolute Gasteiger partial charge is 0.316 e. The summed E-state index contributed by atoms with van der Waals surface area (Å²) in [6.07, 6.45) is 0. The van der Waals surface area contributed by atoms with E-state index in [1.807, 2.05) is 25.2 Å². The van der Waals surface area contributed by atoms with Gasteiger partial charge in [0.15, 0.2) is 0 Å². The highest BCUT2D eigenvalue weighted by molar-refractivity contribution is 6.30. The third-order valence-corrected chi connectivity index (χ3v) is 3.43. The number of nitrogens with zero attached hydrogens (tertiary/aromatic N) is 1. The van der Waals surface area contributed by atoms with Crippen LogP contribution in [0.4, 0.5) is 0 Å². The summed E-state index contributed by atoms with van der Waals surface area (Å²) in [5.41, 5.74) is 3.88. The van der Waals surface area contributed by atoms with Gasteiger partial charge in [-0.15, -0.1) is 0 Å². The first-order valence-electron chi connectivity index (χ1n) is 6.83. The van der Waals surface area contributed by atoms with E-state index in [9.17, 15) is 0 Å². The standard InChI is InChI=1S/C17H21ClN2/c1-19-11-14-6-8-15(9-7-14)12-20(2)13-16-4-3-5-17(18)10-16/h3-10,19H,11-13H2,1-2H3. The number of nitrogens with one attached hydrogen (secondary N) is 1. The lowest BCUT2D eigenvalue weighted by Gasteiger charge is -2.17. The summed E-state index contributed by atoms with van der Waals surface area (Å²) in [6.45, 7) is 2.75. The third kappa shape index (κ3) is 4.64. The number of benzene rings is 2. The number of hydrogen-bond donors (Lipinski definition) is 1. The number of hydrogen-bond acceptors (Lipinski definition) is 2. The molecule has 0 saturated heterocycles. The van der Waals surface area contributed by atoms with Gasteiger partial charge in [-0.1, -0.05) is 48.0 Å². The van der Waals surface area contributed by atoms with E-state index in [0.717, 1.165) is 24.7 Å². The van der Waals surface area contributed by atoms with Gasteiger partial charge in [0.05, 0.1) is 0 Å². The monoisotopic (exact) mass is 288 g/mol. The maximum Gasteiger partial charge on any atom is 0.0409 e. The van der Waals surface area contributed by atoms with Gasteiger partial charge in [0.1, 0.15) is 0 Å². The van der Waals surface area contributed by atoms with Gasteiger partial charge in [-0.05, 0) is 42.9 Å². The van der Waals surface area contributed by atoms with E-state index in [1.165, 1.54) is 16.7 Å². The molecule has 2 aromatic carbocycles. The molecule has 0 amide bonds. The average molecular weight is 289 g/mol. The molecule has 0 unspecified atom stereocenters. The van der Waals surface area contributed by atoms with Crippen LogP contribution in [-0.2, 0) is 19.6 Å². The lowest BCUT2D eigenvalue weighted by molar-refractivity contribution is 0.319. The number of halogens is 1. The minimum atomic E-state index is 0.798. The van der Waals surface area contributed by atoms with Gasteiger partial charge in [0, 0.05) is 24.7 Å². The van der Waals surface area contributed by atoms with Crippen molar-refractivity contribution in [3.05, 3.63) is 70.2 Å². The van der Waals surface area contributed by atoms with Crippen LogP contribution < -0.4 is 5.32 Å². The minimum absolute atomic E-state index is 0.798. The SMILES string of the molecule is CNCc1ccc(CN(C)Cc2cccc(Cl)c2)cc1. The maximum absolute atomic E-state index is 6.01. The minimum Gasteiger partial charge on any atom is -0.316 e. The molecule has 0 heterocycles. The third-order valence-electron chi connectivity index (χ3n) is 3.20. The van der Waals surface area contributed by atoms with E-state index in [4.69, 9.17) is 11.6 Å². The van der Waals surface area contributed by atoms with Gasteiger partial charge in [-0.3, -0.25) is 4.90 Å². The molecular weight excluding hydrogens is 268 g/mol. The Morgan fingerprint density at radius 3 is 2.25 bits per heavy atom. The quantitative estimate of drug-likeness (QED) is 0.872. The molecule has 1 N–H and O–H groups in total. The zero-order valence-corrected chi connectivity index (χ0v) is 12.8. The molecule has 0 aromatic heterocycles. The van der Waals surface area contributed by atoms with E-state index in [1.54, 1.807) is 0 Å². The van der Waals surface area contributed by atoms with Crippen LogP contribution in [0.15, 0.2) is 48.5 Å². The van der Waals surface area contributed by atoms with Crippen molar-refractivity contribution in [1.29, 1.82) is 0 Å². The van der Waals surface area contributed by atoms with Crippen molar-refractivity contribution in [1.82, 2.24) is 10.2 Å². The first kappa shape index (κ1) is 15.0. The summed E-state index contributed by atoms with van der Waals surface area (Å²) >= 11 is 6.01. The molecule has 0 aliphatic rings. The molecule has 0 atom stereocenters. The molecule has 106 valence electrons. The molecule has 2 aromatic rings. The molecule has 0 fully saturated rings. The van der Waals surface area contributed by atoms with Crippen LogP contribution >= 0.6 is 11.6 Å². The lowest BCUT2D eigenvalue weighted by Crippen LogP contribution is -2.17. The summed E-state index contributed by atoms with van der Waals surface area (Å²) in [6, 6.07) is 16.8.